The fraction of sp³-hybridized carbons (Fsp3) is 0.421. The maximum atomic E-state index is 12.1. The largest absolute Gasteiger partial charge is 0.493 e. The molecule has 8 heteroatoms. The molecule has 1 heterocycles. The number of benzene rings is 1. The molecule has 0 saturated heterocycles. The van der Waals surface area contributed by atoms with Gasteiger partial charge in [-0.3, -0.25) is 4.79 Å². The third-order valence-corrected chi connectivity index (χ3v) is 4.23. The van der Waals surface area contributed by atoms with E-state index in [1.807, 2.05) is 13.8 Å². The quantitative estimate of drug-likeness (QED) is 0.708. The predicted molar refractivity (Wildman–Crippen MR) is 94.8 cm³/mol. The molecule has 8 nitrogen and oxygen atoms in total. The average molecular weight is 374 g/mol. The van der Waals surface area contributed by atoms with Gasteiger partial charge in [0.25, 0.3) is 5.91 Å². The Bertz CT molecular complexity index is 821. The van der Waals surface area contributed by atoms with Crippen LogP contribution in [-0.2, 0) is 16.1 Å². The summed E-state index contributed by atoms with van der Waals surface area (Å²) in [5.41, 5.74) is 1.90. The maximum absolute atomic E-state index is 12.1. The molecule has 0 radical (unpaired) electrons. The number of carbonyl (C=O) groups excluding carboxylic acids is 2. The normalized spacial score (nSPS) is 13.1. The number of hydrogen-bond donors (Lipinski definition) is 1. The Morgan fingerprint density at radius 3 is 2.67 bits per heavy atom. The number of rotatable bonds is 8. The first kappa shape index (κ1) is 18.8. The molecular weight excluding hydrogens is 352 g/mol. The molecule has 1 fully saturated rings. The van der Waals surface area contributed by atoms with Gasteiger partial charge in [0.15, 0.2) is 18.1 Å². The van der Waals surface area contributed by atoms with E-state index in [9.17, 15) is 9.59 Å². The Morgan fingerprint density at radius 1 is 1.26 bits per heavy atom. The fourth-order valence-corrected chi connectivity index (χ4v) is 2.48. The van der Waals surface area contributed by atoms with Crippen molar-refractivity contribution in [3.05, 3.63) is 40.8 Å². The van der Waals surface area contributed by atoms with Gasteiger partial charge in [-0.05, 0) is 44.9 Å². The molecule has 0 spiro atoms. The molecule has 2 aromatic rings. The van der Waals surface area contributed by atoms with Gasteiger partial charge in [-0.15, -0.1) is 0 Å². The Morgan fingerprint density at radius 2 is 2.04 bits per heavy atom. The third kappa shape index (κ3) is 4.78. The molecule has 1 N–H and O–H groups in total. The molecule has 0 unspecified atom stereocenters. The number of carbonyl (C=O) groups is 2. The standard InChI is InChI=1S/C19H22N2O6/c1-11-15(12(2)27-21-11)9-25-16-7-4-13(8-17(16)24-3)19(23)26-10-18(22)20-14-5-6-14/h4,7-8,14H,5-6,9-10H2,1-3H3,(H,20,22). The van der Waals surface area contributed by atoms with Gasteiger partial charge in [0, 0.05) is 6.04 Å². The van der Waals surface area contributed by atoms with Crippen LogP contribution in [0.3, 0.4) is 0 Å². The molecule has 1 aromatic carbocycles. The second-order valence-corrected chi connectivity index (χ2v) is 6.37. The topological polar surface area (TPSA) is 99.9 Å². The molecule has 1 saturated carbocycles. The molecule has 1 aromatic heterocycles. The van der Waals surface area contributed by atoms with Crippen LogP contribution in [0.2, 0.25) is 0 Å². The summed E-state index contributed by atoms with van der Waals surface area (Å²) >= 11 is 0. The first-order valence-electron chi connectivity index (χ1n) is 8.67. The zero-order valence-electron chi connectivity index (χ0n) is 15.5. The summed E-state index contributed by atoms with van der Waals surface area (Å²) in [5, 5.41) is 6.64. The number of aromatic nitrogens is 1. The van der Waals surface area contributed by atoms with Crippen molar-refractivity contribution in [2.75, 3.05) is 13.7 Å². The van der Waals surface area contributed by atoms with Crippen LogP contribution in [0.4, 0.5) is 0 Å². The van der Waals surface area contributed by atoms with Crippen LogP contribution >= 0.6 is 0 Å². The zero-order chi connectivity index (χ0) is 19.4. The minimum absolute atomic E-state index is 0.227. The van der Waals surface area contributed by atoms with Crippen molar-refractivity contribution >= 4 is 11.9 Å². The molecule has 1 aliphatic carbocycles. The second-order valence-electron chi connectivity index (χ2n) is 6.37. The SMILES string of the molecule is COc1cc(C(=O)OCC(=O)NC2CC2)ccc1OCc1c(C)noc1C. The number of methoxy groups -OCH3 is 1. The van der Waals surface area contributed by atoms with Gasteiger partial charge in [-0.2, -0.15) is 0 Å². The number of nitrogens with zero attached hydrogens (tertiary/aromatic N) is 1. The van der Waals surface area contributed by atoms with Gasteiger partial charge < -0.3 is 24.1 Å². The molecule has 0 bridgehead atoms. The van der Waals surface area contributed by atoms with Gasteiger partial charge in [0.1, 0.15) is 12.4 Å². The highest BCUT2D eigenvalue weighted by atomic mass is 16.5. The van der Waals surface area contributed by atoms with Gasteiger partial charge >= 0.3 is 5.97 Å². The lowest BCUT2D eigenvalue weighted by molar-refractivity contribution is -0.124. The number of esters is 1. The number of aryl methyl sites for hydroxylation is 2. The summed E-state index contributed by atoms with van der Waals surface area (Å²) in [7, 11) is 1.48. The van der Waals surface area contributed by atoms with Crippen molar-refractivity contribution in [3.8, 4) is 11.5 Å². The minimum atomic E-state index is -0.600. The lowest BCUT2D eigenvalue weighted by Crippen LogP contribution is -2.30. The number of amides is 1. The van der Waals surface area contributed by atoms with Gasteiger partial charge in [-0.1, -0.05) is 5.16 Å². The molecule has 0 aliphatic heterocycles. The molecule has 1 amide bonds. The highest BCUT2D eigenvalue weighted by molar-refractivity contribution is 5.92. The first-order chi connectivity index (χ1) is 13.0. The highest BCUT2D eigenvalue weighted by Crippen LogP contribution is 2.29. The molecule has 27 heavy (non-hydrogen) atoms. The Balaban J connectivity index is 1.60. The average Bonchev–Trinajstić information content (AvgIpc) is 3.42. The van der Waals surface area contributed by atoms with E-state index in [1.165, 1.54) is 13.2 Å². The smallest absolute Gasteiger partial charge is 0.338 e. The van der Waals surface area contributed by atoms with Crippen molar-refractivity contribution in [1.82, 2.24) is 10.5 Å². The van der Waals surface area contributed by atoms with E-state index in [0.717, 1.165) is 24.1 Å². The first-order valence-corrected chi connectivity index (χ1v) is 8.67. The zero-order valence-corrected chi connectivity index (χ0v) is 15.5. The summed E-state index contributed by atoms with van der Waals surface area (Å²) in [6.07, 6.45) is 1.96. The Labute approximate surface area is 156 Å². The fourth-order valence-electron chi connectivity index (χ4n) is 2.48. The van der Waals surface area contributed by atoms with Gasteiger partial charge in [-0.25, -0.2) is 4.79 Å². The van der Waals surface area contributed by atoms with Crippen LogP contribution in [0.25, 0.3) is 0 Å². The summed E-state index contributed by atoms with van der Waals surface area (Å²) < 4.78 is 21.2. The van der Waals surface area contributed by atoms with E-state index in [2.05, 4.69) is 10.5 Å². The van der Waals surface area contributed by atoms with Crippen LogP contribution in [0.1, 0.15) is 40.2 Å². The summed E-state index contributed by atoms with van der Waals surface area (Å²) in [6, 6.07) is 4.93. The summed E-state index contributed by atoms with van der Waals surface area (Å²) in [6.45, 7) is 3.61. The minimum Gasteiger partial charge on any atom is -0.493 e. The lowest BCUT2D eigenvalue weighted by Gasteiger charge is -2.12. The van der Waals surface area contributed by atoms with Crippen molar-refractivity contribution in [3.63, 3.8) is 0 Å². The molecular formula is C19H22N2O6. The van der Waals surface area contributed by atoms with Crippen LogP contribution in [0.15, 0.2) is 22.7 Å². The summed E-state index contributed by atoms with van der Waals surface area (Å²) in [4.78, 5) is 23.8. The van der Waals surface area contributed by atoms with Crippen LogP contribution in [0.5, 0.6) is 11.5 Å². The van der Waals surface area contributed by atoms with Gasteiger partial charge in [0.05, 0.1) is 23.9 Å². The lowest BCUT2D eigenvalue weighted by atomic mass is 10.2. The van der Waals surface area contributed by atoms with E-state index in [1.54, 1.807) is 12.1 Å². The maximum Gasteiger partial charge on any atom is 0.338 e. The van der Waals surface area contributed by atoms with Crippen molar-refractivity contribution in [1.29, 1.82) is 0 Å². The summed E-state index contributed by atoms with van der Waals surface area (Å²) in [5.74, 6) is 0.657. The number of ether oxygens (including phenoxy) is 3. The van der Waals surface area contributed by atoms with E-state index < -0.39 is 5.97 Å². The van der Waals surface area contributed by atoms with E-state index in [0.29, 0.717) is 17.3 Å². The van der Waals surface area contributed by atoms with Crippen molar-refractivity contribution in [2.24, 2.45) is 0 Å². The molecule has 0 atom stereocenters. The number of hydrogen-bond acceptors (Lipinski definition) is 7. The van der Waals surface area contributed by atoms with Crippen molar-refractivity contribution < 1.29 is 28.3 Å². The molecule has 144 valence electrons. The van der Waals surface area contributed by atoms with E-state index >= 15 is 0 Å². The molecule has 1 aliphatic rings. The van der Waals surface area contributed by atoms with E-state index in [4.69, 9.17) is 18.7 Å². The number of nitrogens with one attached hydrogen (secondary N) is 1. The monoisotopic (exact) mass is 374 g/mol. The predicted octanol–water partition coefficient (Wildman–Crippen LogP) is 2.31. The van der Waals surface area contributed by atoms with E-state index in [-0.39, 0.29) is 30.7 Å². The Hall–Kier alpha value is -3.03. The van der Waals surface area contributed by atoms with Crippen LogP contribution in [0, 0.1) is 13.8 Å². The highest BCUT2D eigenvalue weighted by Gasteiger charge is 2.24. The Kier molecular flexibility index (Phi) is 5.63. The van der Waals surface area contributed by atoms with Gasteiger partial charge in [0.2, 0.25) is 0 Å². The van der Waals surface area contributed by atoms with Crippen molar-refractivity contribution in [2.45, 2.75) is 39.3 Å². The molecule has 3 rings (SSSR count). The van der Waals surface area contributed by atoms with Crippen LogP contribution < -0.4 is 14.8 Å². The second kappa shape index (κ2) is 8.11. The van der Waals surface area contributed by atoms with Crippen LogP contribution in [-0.4, -0.2) is 36.8 Å². The third-order valence-electron chi connectivity index (χ3n) is 4.23.